The zero-order valence-corrected chi connectivity index (χ0v) is 16.3. The van der Waals surface area contributed by atoms with Gasteiger partial charge in [-0.05, 0) is 41.1 Å². The molecule has 0 aliphatic carbocycles. The topological polar surface area (TPSA) is 73.6 Å². The number of aromatic carboxylic acids is 1. The van der Waals surface area contributed by atoms with Crippen molar-refractivity contribution in [3.8, 4) is 22.9 Å². The number of carboxylic acid groups (broad SMARTS) is 1. The van der Waals surface area contributed by atoms with E-state index in [0.29, 0.717) is 35.9 Å². The van der Waals surface area contributed by atoms with Gasteiger partial charge >= 0.3 is 5.97 Å². The van der Waals surface area contributed by atoms with Gasteiger partial charge in [-0.15, -0.1) is 0 Å². The van der Waals surface area contributed by atoms with E-state index in [-0.39, 0.29) is 5.56 Å². The predicted octanol–water partition coefficient (Wildman–Crippen LogP) is 4.49. The van der Waals surface area contributed by atoms with Crippen LogP contribution in [0.4, 0.5) is 0 Å². The smallest absolute Gasteiger partial charge is 0.335 e. The molecule has 27 heavy (non-hydrogen) atoms. The number of aromatic nitrogens is 2. The van der Waals surface area contributed by atoms with E-state index in [1.54, 1.807) is 10.7 Å². The quantitative estimate of drug-likeness (QED) is 0.569. The number of rotatable bonds is 8. The Labute approximate surface area is 165 Å². The molecular formula is C20H19BrN2O4. The monoisotopic (exact) mass is 430 g/mol. The minimum Gasteiger partial charge on any atom is -0.490 e. The van der Waals surface area contributed by atoms with Crippen LogP contribution in [0.15, 0.2) is 59.1 Å². The van der Waals surface area contributed by atoms with Crippen LogP contribution < -0.4 is 9.47 Å². The summed E-state index contributed by atoms with van der Waals surface area (Å²) in [4.78, 5) is 11.0. The van der Waals surface area contributed by atoms with Crippen molar-refractivity contribution in [2.24, 2.45) is 0 Å². The zero-order valence-electron chi connectivity index (χ0n) is 14.8. The van der Waals surface area contributed by atoms with Crippen LogP contribution in [0.5, 0.6) is 11.6 Å². The Bertz CT molecular complexity index is 925. The van der Waals surface area contributed by atoms with E-state index >= 15 is 0 Å². The standard InChI is InChI=1S/C20H19BrN2O4/c1-2-26-19-13-17(14-6-4-3-5-7-14)22-23(19)10-11-27-18-9-8-15(20(24)25)12-16(18)21/h3-9,12-13H,2,10-11H2,1H3,(H,24,25). The highest BCUT2D eigenvalue weighted by Crippen LogP contribution is 2.27. The van der Waals surface area contributed by atoms with Crippen LogP contribution in [0, 0.1) is 0 Å². The summed E-state index contributed by atoms with van der Waals surface area (Å²) < 4.78 is 13.8. The summed E-state index contributed by atoms with van der Waals surface area (Å²) in [5, 5.41) is 13.6. The lowest BCUT2D eigenvalue weighted by atomic mass is 10.2. The van der Waals surface area contributed by atoms with Crippen molar-refractivity contribution >= 4 is 21.9 Å². The maximum Gasteiger partial charge on any atom is 0.335 e. The molecule has 7 heteroatoms. The normalized spacial score (nSPS) is 10.6. The van der Waals surface area contributed by atoms with Gasteiger partial charge in [0.05, 0.1) is 28.9 Å². The van der Waals surface area contributed by atoms with Gasteiger partial charge in [0, 0.05) is 11.6 Å². The molecule has 0 unspecified atom stereocenters. The summed E-state index contributed by atoms with van der Waals surface area (Å²) in [6.45, 7) is 3.33. The van der Waals surface area contributed by atoms with Crippen molar-refractivity contribution in [2.45, 2.75) is 13.5 Å². The molecule has 3 rings (SSSR count). The van der Waals surface area contributed by atoms with Crippen molar-refractivity contribution in [3.05, 3.63) is 64.6 Å². The number of benzene rings is 2. The van der Waals surface area contributed by atoms with Gasteiger partial charge in [0.25, 0.3) is 0 Å². The number of hydrogen-bond donors (Lipinski definition) is 1. The maximum atomic E-state index is 11.0. The van der Waals surface area contributed by atoms with Crippen LogP contribution in [-0.4, -0.2) is 34.1 Å². The first kappa shape index (κ1) is 19.0. The third-order valence-corrected chi connectivity index (χ3v) is 4.46. The molecule has 0 bridgehead atoms. The fourth-order valence-corrected chi connectivity index (χ4v) is 3.06. The average Bonchev–Trinajstić information content (AvgIpc) is 3.07. The number of ether oxygens (including phenoxy) is 2. The summed E-state index contributed by atoms with van der Waals surface area (Å²) >= 11 is 3.34. The van der Waals surface area contributed by atoms with Crippen molar-refractivity contribution in [1.82, 2.24) is 9.78 Å². The Morgan fingerprint density at radius 2 is 1.93 bits per heavy atom. The molecule has 1 heterocycles. The third-order valence-electron chi connectivity index (χ3n) is 3.84. The SMILES string of the molecule is CCOc1cc(-c2ccccc2)nn1CCOc1ccc(C(=O)O)cc1Br. The lowest BCUT2D eigenvalue weighted by Crippen LogP contribution is -2.12. The van der Waals surface area contributed by atoms with Crippen LogP contribution in [0.25, 0.3) is 11.3 Å². The molecule has 0 amide bonds. The molecule has 0 saturated heterocycles. The van der Waals surface area contributed by atoms with Crippen molar-refractivity contribution < 1.29 is 19.4 Å². The number of carbonyl (C=O) groups is 1. The fourth-order valence-electron chi connectivity index (χ4n) is 2.57. The molecule has 2 aromatic carbocycles. The van der Waals surface area contributed by atoms with Gasteiger partial charge in [0.2, 0.25) is 5.88 Å². The lowest BCUT2D eigenvalue weighted by Gasteiger charge is -2.11. The summed E-state index contributed by atoms with van der Waals surface area (Å²) in [5.41, 5.74) is 2.06. The van der Waals surface area contributed by atoms with Crippen molar-refractivity contribution in [3.63, 3.8) is 0 Å². The van der Waals surface area contributed by atoms with Gasteiger partial charge in [-0.2, -0.15) is 5.10 Å². The molecule has 3 aromatic rings. The predicted molar refractivity (Wildman–Crippen MR) is 105 cm³/mol. The summed E-state index contributed by atoms with van der Waals surface area (Å²) in [5.74, 6) is 0.280. The van der Waals surface area contributed by atoms with E-state index in [1.165, 1.54) is 12.1 Å². The highest BCUT2D eigenvalue weighted by Gasteiger charge is 2.12. The summed E-state index contributed by atoms with van der Waals surface area (Å²) in [6, 6.07) is 16.5. The molecule has 0 saturated carbocycles. The molecular weight excluding hydrogens is 412 g/mol. The van der Waals surface area contributed by atoms with Gasteiger partial charge in [0.15, 0.2) is 0 Å². The van der Waals surface area contributed by atoms with Crippen molar-refractivity contribution in [1.29, 1.82) is 0 Å². The molecule has 0 aliphatic rings. The second-order valence-electron chi connectivity index (χ2n) is 5.69. The highest BCUT2D eigenvalue weighted by atomic mass is 79.9. The number of carboxylic acids is 1. The summed E-state index contributed by atoms with van der Waals surface area (Å²) in [7, 11) is 0. The molecule has 0 radical (unpaired) electrons. The minimum atomic E-state index is -0.978. The van der Waals surface area contributed by atoms with Crippen molar-refractivity contribution in [2.75, 3.05) is 13.2 Å². The van der Waals surface area contributed by atoms with Crippen LogP contribution >= 0.6 is 15.9 Å². The largest absolute Gasteiger partial charge is 0.490 e. The van der Waals surface area contributed by atoms with E-state index < -0.39 is 5.97 Å². The Morgan fingerprint density at radius 3 is 2.59 bits per heavy atom. The van der Waals surface area contributed by atoms with Crippen LogP contribution in [0.1, 0.15) is 17.3 Å². The van der Waals surface area contributed by atoms with Crippen LogP contribution in [0.2, 0.25) is 0 Å². The second kappa shape index (κ2) is 8.73. The van der Waals surface area contributed by atoms with Gasteiger partial charge in [-0.3, -0.25) is 0 Å². The Balaban J connectivity index is 1.70. The van der Waals surface area contributed by atoms with E-state index in [9.17, 15) is 4.79 Å². The maximum absolute atomic E-state index is 11.0. The van der Waals surface area contributed by atoms with E-state index in [2.05, 4.69) is 21.0 Å². The van der Waals surface area contributed by atoms with E-state index in [0.717, 1.165) is 11.3 Å². The fraction of sp³-hybridized carbons (Fsp3) is 0.200. The second-order valence-corrected chi connectivity index (χ2v) is 6.54. The molecule has 0 aliphatic heterocycles. The zero-order chi connectivity index (χ0) is 19.2. The Morgan fingerprint density at radius 1 is 1.15 bits per heavy atom. The molecule has 140 valence electrons. The lowest BCUT2D eigenvalue weighted by molar-refractivity contribution is 0.0696. The Kier molecular flexibility index (Phi) is 6.13. The van der Waals surface area contributed by atoms with Gasteiger partial charge in [-0.1, -0.05) is 30.3 Å². The highest BCUT2D eigenvalue weighted by molar-refractivity contribution is 9.10. The molecule has 1 N–H and O–H groups in total. The first-order valence-electron chi connectivity index (χ1n) is 8.50. The van der Waals surface area contributed by atoms with Gasteiger partial charge < -0.3 is 14.6 Å². The minimum absolute atomic E-state index is 0.201. The van der Waals surface area contributed by atoms with E-state index in [1.807, 2.05) is 43.3 Å². The first-order chi connectivity index (χ1) is 13.1. The summed E-state index contributed by atoms with van der Waals surface area (Å²) in [6.07, 6.45) is 0. The number of hydrogen-bond acceptors (Lipinski definition) is 4. The third kappa shape index (κ3) is 4.68. The molecule has 6 nitrogen and oxygen atoms in total. The number of halogens is 1. The molecule has 0 atom stereocenters. The first-order valence-corrected chi connectivity index (χ1v) is 9.29. The Hall–Kier alpha value is -2.80. The molecule has 1 aromatic heterocycles. The molecule has 0 fully saturated rings. The average molecular weight is 431 g/mol. The van der Waals surface area contributed by atoms with E-state index in [4.69, 9.17) is 14.6 Å². The van der Waals surface area contributed by atoms with Gasteiger partial charge in [-0.25, -0.2) is 9.48 Å². The number of nitrogens with zero attached hydrogens (tertiary/aromatic N) is 2. The molecule has 0 spiro atoms. The van der Waals surface area contributed by atoms with Gasteiger partial charge in [0.1, 0.15) is 12.4 Å². The van der Waals surface area contributed by atoms with Crippen LogP contribution in [0.3, 0.4) is 0 Å². The van der Waals surface area contributed by atoms with Crippen LogP contribution in [-0.2, 0) is 6.54 Å².